The highest BCUT2D eigenvalue weighted by Gasteiger charge is 2.09. The number of benzene rings is 1. The lowest BCUT2D eigenvalue weighted by atomic mass is 10.2. The largest absolute Gasteiger partial charge is 0.312 e. The summed E-state index contributed by atoms with van der Waals surface area (Å²) in [6.07, 6.45) is 0.978. The van der Waals surface area contributed by atoms with Gasteiger partial charge in [-0.05, 0) is 46.6 Å². The molecule has 0 amide bonds. The van der Waals surface area contributed by atoms with Gasteiger partial charge in [0, 0.05) is 28.6 Å². The predicted octanol–water partition coefficient (Wildman–Crippen LogP) is 5.80. The second kappa shape index (κ2) is 7.30. The zero-order chi connectivity index (χ0) is 13.8. The summed E-state index contributed by atoms with van der Waals surface area (Å²) >= 11 is 23.4. The van der Waals surface area contributed by atoms with Gasteiger partial charge in [-0.3, -0.25) is 0 Å². The first-order valence-electron chi connectivity index (χ1n) is 5.65. The Morgan fingerprint density at radius 3 is 2.47 bits per heavy atom. The molecule has 2 rings (SSSR count). The maximum absolute atomic E-state index is 6.14. The third-order valence-electron chi connectivity index (χ3n) is 2.62. The van der Waals surface area contributed by atoms with Gasteiger partial charge in [0.2, 0.25) is 0 Å². The minimum Gasteiger partial charge on any atom is -0.312 e. The van der Waals surface area contributed by atoms with Crippen LogP contribution in [0.25, 0.3) is 0 Å². The quantitative estimate of drug-likeness (QED) is 0.495. The molecule has 2 aromatic rings. The Kier molecular flexibility index (Phi) is 6.00. The molecule has 1 aromatic heterocycles. The number of thiophene rings is 1. The van der Waals surface area contributed by atoms with E-state index in [0.29, 0.717) is 21.6 Å². The van der Waals surface area contributed by atoms with E-state index in [1.165, 1.54) is 4.88 Å². The van der Waals surface area contributed by atoms with E-state index >= 15 is 0 Å². The second-order valence-electron chi connectivity index (χ2n) is 3.95. The van der Waals surface area contributed by atoms with Crippen molar-refractivity contribution in [1.29, 1.82) is 0 Å². The van der Waals surface area contributed by atoms with E-state index in [2.05, 4.69) is 33.4 Å². The molecule has 0 atom stereocenters. The average molecular weight is 400 g/mol. The molecule has 0 aliphatic rings. The number of hydrogen-bond donors (Lipinski definition) is 1. The molecule has 19 heavy (non-hydrogen) atoms. The van der Waals surface area contributed by atoms with Gasteiger partial charge in [0.1, 0.15) is 0 Å². The van der Waals surface area contributed by atoms with Crippen molar-refractivity contribution in [3.05, 3.63) is 53.6 Å². The fourth-order valence-electron chi connectivity index (χ4n) is 1.64. The van der Waals surface area contributed by atoms with Gasteiger partial charge in [-0.1, -0.05) is 34.8 Å². The van der Waals surface area contributed by atoms with Crippen LogP contribution in [-0.4, -0.2) is 6.54 Å². The van der Waals surface area contributed by atoms with E-state index < -0.39 is 0 Å². The molecule has 1 N–H and O–H groups in total. The average Bonchev–Trinajstić information content (AvgIpc) is 2.79. The summed E-state index contributed by atoms with van der Waals surface area (Å²) in [6, 6.07) is 7.66. The Labute approximate surface area is 140 Å². The van der Waals surface area contributed by atoms with Crippen LogP contribution in [-0.2, 0) is 13.0 Å². The lowest BCUT2D eigenvalue weighted by Crippen LogP contribution is -2.16. The van der Waals surface area contributed by atoms with Crippen LogP contribution in [0.4, 0.5) is 0 Å². The van der Waals surface area contributed by atoms with Crippen LogP contribution >= 0.6 is 62.1 Å². The molecule has 0 saturated heterocycles. The Hall–Kier alpha value is 0.230. The molecule has 0 fully saturated rings. The number of nitrogens with one attached hydrogen (secondary N) is 1. The number of hydrogen-bond acceptors (Lipinski definition) is 2. The molecule has 0 aliphatic carbocycles. The molecule has 0 radical (unpaired) electrons. The molecule has 1 heterocycles. The minimum absolute atomic E-state index is 0.528. The van der Waals surface area contributed by atoms with E-state index in [0.717, 1.165) is 22.3 Å². The van der Waals surface area contributed by atoms with Crippen molar-refractivity contribution in [3.8, 4) is 0 Å². The maximum Gasteiger partial charge on any atom is 0.0701 e. The van der Waals surface area contributed by atoms with E-state index in [-0.39, 0.29) is 0 Å². The molecule has 1 nitrogen and oxygen atoms in total. The fraction of sp³-hybridized carbons (Fsp3) is 0.231. The van der Waals surface area contributed by atoms with Gasteiger partial charge in [0.25, 0.3) is 0 Å². The fourth-order valence-corrected chi connectivity index (χ4v) is 3.81. The highest BCUT2D eigenvalue weighted by molar-refractivity contribution is 9.11. The Balaban J connectivity index is 1.88. The molecule has 6 heteroatoms. The van der Waals surface area contributed by atoms with Crippen LogP contribution in [0.5, 0.6) is 0 Å². The van der Waals surface area contributed by atoms with Crippen LogP contribution in [0.15, 0.2) is 28.1 Å². The summed E-state index contributed by atoms with van der Waals surface area (Å²) in [5, 5.41) is 5.03. The van der Waals surface area contributed by atoms with Gasteiger partial charge in [-0.15, -0.1) is 11.3 Å². The lowest BCUT2D eigenvalue weighted by Gasteiger charge is -2.09. The Bertz CT molecular complexity index is 571. The number of halogens is 4. The number of rotatable bonds is 5. The molecular formula is C13H11BrCl3NS. The second-order valence-corrected chi connectivity index (χ2v) is 7.69. The van der Waals surface area contributed by atoms with Crippen molar-refractivity contribution in [1.82, 2.24) is 5.32 Å². The summed E-state index contributed by atoms with van der Waals surface area (Å²) in [5.41, 5.74) is 0.850. The van der Waals surface area contributed by atoms with E-state index in [9.17, 15) is 0 Å². The Morgan fingerprint density at radius 2 is 1.79 bits per heavy atom. The molecule has 102 valence electrons. The van der Waals surface area contributed by atoms with Crippen molar-refractivity contribution in [2.24, 2.45) is 0 Å². The van der Waals surface area contributed by atoms with Crippen molar-refractivity contribution in [2.45, 2.75) is 13.0 Å². The zero-order valence-electron chi connectivity index (χ0n) is 9.85. The van der Waals surface area contributed by atoms with Crippen molar-refractivity contribution in [2.75, 3.05) is 6.54 Å². The van der Waals surface area contributed by atoms with Crippen LogP contribution in [0.3, 0.4) is 0 Å². The van der Waals surface area contributed by atoms with Crippen LogP contribution < -0.4 is 5.32 Å². The molecule has 0 spiro atoms. The van der Waals surface area contributed by atoms with Gasteiger partial charge in [-0.2, -0.15) is 0 Å². The van der Waals surface area contributed by atoms with Crippen molar-refractivity contribution >= 4 is 62.1 Å². The minimum atomic E-state index is 0.528. The molecule has 0 aliphatic heterocycles. The molecule has 0 unspecified atom stereocenters. The van der Waals surface area contributed by atoms with Gasteiger partial charge >= 0.3 is 0 Å². The Morgan fingerprint density at radius 1 is 1.05 bits per heavy atom. The van der Waals surface area contributed by atoms with E-state index in [1.54, 1.807) is 23.5 Å². The normalized spacial score (nSPS) is 10.9. The monoisotopic (exact) mass is 397 g/mol. The third kappa shape index (κ3) is 4.35. The smallest absolute Gasteiger partial charge is 0.0701 e. The van der Waals surface area contributed by atoms with Gasteiger partial charge in [0.05, 0.1) is 13.8 Å². The van der Waals surface area contributed by atoms with Crippen LogP contribution in [0, 0.1) is 0 Å². The van der Waals surface area contributed by atoms with Crippen molar-refractivity contribution < 1.29 is 0 Å². The first-order chi connectivity index (χ1) is 9.08. The molecule has 0 bridgehead atoms. The van der Waals surface area contributed by atoms with Crippen molar-refractivity contribution in [3.63, 3.8) is 0 Å². The zero-order valence-corrected chi connectivity index (χ0v) is 14.5. The summed E-state index contributed by atoms with van der Waals surface area (Å²) in [4.78, 5) is 1.34. The van der Waals surface area contributed by atoms with Gasteiger partial charge < -0.3 is 5.32 Å². The van der Waals surface area contributed by atoms with E-state index in [1.807, 2.05) is 0 Å². The highest BCUT2D eigenvalue weighted by Crippen LogP contribution is 2.31. The SMILES string of the molecule is Clc1ccc(Cl)c(CNCCc2ccc(Br)s2)c1Cl. The summed E-state index contributed by atoms with van der Waals surface area (Å²) in [7, 11) is 0. The maximum atomic E-state index is 6.14. The topological polar surface area (TPSA) is 12.0 Å². The summed E-state index contributed by atoms with van der Waals surface area (Å²) < 4.78 is 1.16. The molecular weight excluding hydrogens is 388 g/mol. The molecule has 0 saturated carbocycles. The standard InChI is InChI=1S/C13H11BrCl3NS/c14-12-4-1-8(19-12)5-6-18-7-9-10(15)2-3-11(16)13(9)17/h1-4,18H,5-7H2. The predicted molar refractivity (Wildman–Crippen MR) is 88.9 cm³/mol. The van der Waals surface area contributed by atoms with Crippen LogP contribution in [0.1, 0.15) is 10.4 Å². The first-order valence-corrected chi connectivity index (χ1v) is 8.39. The van der Waals surface area contributed by atoms with Gasteiger partial charge in [-0.25, -0.2) is 0 Å². The lowest BCUT2D eigenvalue weighted by molar-refractivity contribution is 0.691. The van der Waals surface area contributed by atoms with Gasteiger partial charge in [0.15, 0.2) is 0 Å². The third-order valence-corrected chi connectivity index (χ3v) is 5.50. The summed E-state index contributed by atoms with van der Waals surface area (Å²) in [5.74, 6) is 0. The highest BCUT2D eigenvalue weighted by atomic mass is 79.9. The summed E-state index contributed by atoms with van der Waals surface area (Å²) in [6.45, 7) is 1.48. The van der Waals surface area contributed by atoms with E-state index in [4.69, 9.17) is 34.8 Å². The molecule has 1 aromatic carbocycles. The van der Waals surface area contributed by atoms with Crippen LogP contribution in [0.2, 0.25) is 15.1 Å². The first kappa shape index (κ1) is 15.6.